The molecule has 0 saturated carbocycles. The molecule has 0 amide bonds. The molecular weight excluding hydrogens is 514 g/mol. The number of rotatable bonds is 3. The lowest BCUT2D eigenvalue weighted by Gasteiger charge is -2.19. The van der Waals surface area contributed by atoms with Crippen LogP contribution in [0.3, 0.4) is 0 Å². The summed E-state index contributed by atoms with van der Waals surface area (Å²) in [5, 5.41) is 8.04. The van der Waals surface area contributed by atoms with Crippen molar-refractivity contribution in [1.82, 2.24) is 14.6 Å². The standard InChI is InChI=1S/C37H29N5/c1-23-26-14-3-2-4-18-30-27-15-5-6-17-29(27)34-31-19-8-10-21-33(31)42(25-13-11-12-24(22-25)37(38)40-39)36(34)35(30)41(23)32-20-9-7-16-28(26)32/h2-22,37,40H,1,38-39H2/b3-2-,18-4?,26-14+. The summed E-state index contributed by atoms with van der Waals surface area (Å²) in [5.41, 5.74) is 16.5. The zero-order valence-corrected chi connectivity index (χ0v) is 23.0. The number of fused-ring (bicyclic) bond motifs is 14. The quantitative estimate of drug-likeness (QED) is 0.144. The van der Waals surface area contributed by atoms with E-state index in [0.717, 1.165) is 49.6 Å². The van der Waals surface area contributed by atoms with Gasteiger partial charge in [0.2, 0.25) is 0 Å². The Hall–Kier alpha value is -5.20. The van der Waals surface area contributed by atoms with Crippen LogP contribution in [-0.4, -0.2) is 9.13 Å². The highest BCUT2D eigenvalue weighted by atomic mass is 15.3. The topological polar surface area (TPSA) is 73.9 Å². The monoisotopic (exact) mass is 543 g/mol. The molecule has 2 bridgehead atoms. The first-order valence-corrected chi connectivity index (χ1v) is 14.1. The van der Waals surface area contributed by atoms with E-state index >= 15 is 0 Å². The van der Waals surface area contributed by atoms with Crippen molar-refractivity contribution < 1.29 is 0 Å². The van der Waals surface area contributed by atoms with Crippen LogP contribution in [0.2, 0.25) is 0 Å². The second-order valence-corrected chi connectivity index (χ2v) is 10.7. The second kappa shape index (κ2) is 9.43. The zero-order valence-electron chi connectivity index (χ0n) is 23.0. The maximum Gasteiger partial charge on any atom is 0.0936 e. The third-order valence-corrected chi connectivity index (χ3v) is 8.50. The number of benzene rings is 5. The Labute approximate surface area is 242 Å². The molecule has 7 aromatic rings. The van der Waals surface area contributed by atoms with Crippen LogP contribution < -0.4 is 27.6 Å². The lowest BCUT2D eigenvalue weighted by molar-refractivity contribution is 0.576. The summed E-state index contributed by atoms with van der Waals surface area (Å²) in [5.74, 6) is 5.75. The van der Waals surface area contributed by atoms with Gasteiger partial charge in [0.05, 0.1) is 28.4 Å². The van der Waals surface area contributed by atoms with E-state index in [1.54, 1.807) is 0 Å². The molecule has 202 valence electrons. The Morgan fingerprint density at radius 3 is 2.17 bits per heavy atom. The van der Waals surface area contributed by atoms with Gasteiger partial charge in [0.1, 0.15) is 0 Å². The van der Waals surface area contributed by atoms with Crippen LogP contribution in [0.5, 0.6) is 0 Å². The highest BCUT2D eigenvalue weighted by molar-refractivity contribution is 6.26. The predicted octanol–water partition coefficient (Wildman–Crippen LogP) is 6.08. The molecule has 0 saturated heterocycles. The molecule has 0 spiro atoms. The number of nitrogens with two attached hydrogens (primary N) is 2. The number of hydrazine groups is 1. The molecule has 0 fully saturated rings. The summed E-state index contributed by atoms with van der Waals surface area (Å²) in [6.07, 6.45) is 10.2. The van der Waals surface area contributed by atoms with Crippen LogP contribution in [0.15, 0.2) is 115 Å². The lowest BCUT2D eigenvalue weighted by atomic mass is 9.96. The van der Waals surface area contributed by atoms with Crippen molar-refractivity contribution in [2.75, 3.05) is 0 Å². The highest BCUT2D eigenvalue weighted by Gasteiger charge is 2.24. The molecule has 2 aromatic heterocycles. The van der Waals surface area contributed by atoms with Gasteiger partial charge < -0.3 is 14.9 Å². The van der Waals surface area contributed by atoms with Crippen LogP contribution in [0.1, 0.15) is 17.3 Å². The molecule has 5 aromatic carbocycles. The van der Waals surface area contributed by atoms with E-state index < -0.39 is 6.17 Å². The Morgan fingerprint density at radius 2 is 1.38 bits per heavy atom. The molecule has 5 nitrogen and oxygen atoms in total. The maximum absolute atomic E-state index is 6.33. The number of aromatic nitrogens is 2. The van der Waals surface area contributed by atoms with Crippen molar-refractivity contribution in [2.24, 2.45) is 11.6 Å². The molecule has 1 unspecified atom stereocenters. The van der Waals surface area contributed by atoms with Gasteiger partial charge in [-0.1, -0.05) is 110 Å². The smallest absolute Gasteiger partial charge is 0.0936 e. The fraction of sp³-hybridized carbons (Fsp3) is 0.0270. The molecule has 3 heterocycles. The Morgan fingerprint density at radius 1 is 0.690 bits per heavy atom. The van der Waals surface area contributed by atoms with Crippen molar-refractivity contribution in [1.29, 1.82) is 0 Å². The molecule has 1 atom stereocenters. The van der Waals surface area contributed by atoms with Crippen LogP contribution in [0.25, 0.3) is 73.6 Å². The minimum Gasteiger partial charge on any atom is -0.311 e. The third-order valence-electron chi connectivity index (χ3n) is 8.50. The number of nitrogens with zero attached hydrogens (tertiary/aromatic N) is 2. The van der Waals surface area contributed by atoms with Gasteiger partial charge in [-0.3, -0.25) is 5.84 Å². The van der Waals surface area contributed by atoms with E-state index in [0.29, 0.717) is 0 Å². The first-order chi connectivity index (χ1) is 20.7. The number of para-hydroxylation sites is 2. The second-order valence-electron chi connectivity index (χ2n) is 10.7. The average molecular weight is 544 g/mol. The van der Waals surface area contributed by atoms with Gasteiger partial charge in [-0.15, -0.1) is 0 Å². The van der Waals surface area contributed by atoms with Gasteiger partial charge in [0.25, 0.3) is 0 Å². The van der Waals surface area contributed by atoms with Crippen LogP contribution >= 0.6 is 0 Å². The van der Waals surface area contributed by atoms with E-state index in [9.17, 15) is 0 Å². The van der Waals surface area contributed by atoms with Crippen molar-refractivity contribution in [2.45, 2.75) is 6.17 Å². The Balaban J connectivity index is 1.69. The molecule has 1 aliphatic rings. The van der Waals surface area contributed by atoms with Crippen molar-refractivity contribution in [3.63, 3.8) is 0 Å². The lowest BCUT2D eigenvalue weighted by Crippen LogP contribution is -2.34. The molecule has 5 heteroatoms. The van der Waals surface area contributed by atoms with E-state index in [2.05, 4.69) is 136 Å². The number of hydrogen-bond acceptors (Lipinski definition) is 3. The van der Waals surface area contributed by atoms with Crippen LogP contribution in [0.4, 0.5) is 0 Å². The van der Waals surface area contributed by atoms with Crippen molar-refractivity contribution in [3.8, 4) is 11.4 Å². The van der Waals surface area contributed by atoms with E-state index in [1.165, 1.54) is 26.9 Å². The van der Waals surface area contributed by atoms with E-state index in [4.69, 9.17) is 11.6 Å². The molecule has 42 heavy (non-hydrogen) atoms. The summed E-state index contributed by atoms with van der Waals surface area (Å²) in [4.78, 5) is 0. The normalized spacial score (nSPS) is 15.1. The van der Waals surface area contributed by atoms with Crippen molar-refractivity contribution in [3.05, 3.63) is 137 Å². The van der Waals surface area contributed by atoms with Crippen molar-refractivity contribution >= 4 is 62.2 Å². The summed E-state index contributed by atoms with van der Waals surface area (Å²) >= 11 is 0. The first-order valence-electron chi connectivity index (χ1n) is 14.1. The molecule has 8 rings (SSSR count). The first kappa shape index (κ1) is 24.6. The van der Waals surface area contributed by atoms with Gasteiger partial charge in [-0.05, 0) is 40.6 Å². The zero-order chi connectivity index (χ0) is 28.4. The van der Waals surface area contributed by atoms with E-state index in [-0.39, 0.29) is 0 Å². The summed E-state index contributed by atoms with van der Waals surface area (Å²) in [6, 6.07) is 34.2. The van der Waals surface area contributed by atoms with Gasteiger partial charge in [-0.2, -0.15) is 0 Å². The summed E-state index contributed by atoms with van der Waals surface area (Å²) < 4.78 is 4.72. The minimum absolute atomic E-state index is 0.487. The fourth-order valence-corrected chi connectivity index (χ4v) is 6.67. The number of nitrogens with one attached hydrogen (secondary N) is 1. The molecular formula is C37H29N5. The van der Waals surface area contributed by atoms with Gasteiger partial charge in [0.15, 0.2) is 0 Å². The SMILES string of the molecule is C=c1\c2c3ccccc3n1-c1c(c3ccccc3c3c4ccccc4n(-c4cccc(C(N)NN)c4)c13)C=C/C=C\C=2. The number of hydrogen-bond donors (Lipinski definition) is 3. The van der Waals surface area contributed by atoms with Gasteiger partial charge in [-0.25, -0.2) is 5.43 Å². The Bertz CT molecular complexity index is 2390. The summed E-state index contributed by atoms with van der Waals surface area (Å²) in [6.45, 7) is 4.67. The molecule has 0 radical (unpaired) electrons. The Kier molecular flexibility index (Phi) is 5.52. The van der Waals surface area contributed by atoms with Crippen LogP contribution in [-0.2, 0) is 0 Å². The maximum atomic E-state index is 6.33. The highest BCUT2D eigenvalue weighted by Crippen LogP contribution is 2.43. The third kappa shape index (κ3) is 3.42. The molecule has 5 N–H and O–H groups in total. The summed E-state index contributed by atoms with van der Waals surface area (Å²) in [7, 11) is 0. The molecule has 0 aliphatic carbocycles. The van der Waals surface area contributed by atoms with Crippen LogP contribution in [0, 0.1) is 0 Å². The largest absolute Gasteiger partial charge is 0.311 e. The average Bonchev–Trinajstić information content (AvgIpc) is 3.51. The van der Waals surface area contributed by atoms with Gasteiger partial charge in [0, 0.05) is 38.0 Å². The van der Waals surface area contributed by atoms with E-state index in [1.807, 2.05) is 12.1 Å². The fourth-order valence-electron chi connectivity index (χ4n) is 6.67. The number of allylic oxidation sites excluding steroid dienone is 3. The predicted molar refractivity (Wildman–Crippen MR) is 177 cm³/mol. The minimum atomic E-state index is -0.487. The van der Waals surface area contributed by atoms with Gasteiger partial charge >= 0.3 is 0 Å². The molecule has 1 aliphatic heterocycles.